The number of carbonyl (C=O) groups is 1. The molecule has 0 unspecified atom stereocenters. The van der Waals surface area contributed by atoms with Crippen LogP contribution in [0.25, 0.3) is 0 Å². The predicted octanol–water partition coefficient (Wildman–Crippen LogP) is 5.07. The van der Waals surface area contributed by atoms with Gasteiger partial charge in [0.25, 0.3) is 5.91 Å². The molecule has 0 bridgehead atoms. The van der Waals surface area contributed by atoms with Crippen molar-refractivity contribution >= 4 is 5.91 Å². The molecule has 0 saturated heterocycles. The molecule has 168 valence electrons. The second-order valence-electron chi connectivity index (χ2n) is 7.67. The molecule has 3 aromatic rings. The predicted molar refractivity (Wildman–Crippen MR) is 121 cm³/mol. The summed E-state index contributed by atoms with van der Waals surface area (Å²) in [5.74, 6) is 2.78. The molecule has 1 aliphatic carbocycles. The third-order valence-electron chi connectivity index (χ3n) is 5.40. The van der Waals surface area contributed by atoms with Crippen molar-refractivity contribution in [2.45, 2.75) is 46.3 Å². The number of ether oxygens (including phenoxy) is 3. The number of nitrogens with one attached hydrogen (secondary N) is 1. The molecule has 32 heavy (non-hydrogen) atoms. The van der Waals surface area contributed by atoms with Crippen LogP contribution >= 0.6 is 0 Å². The standard InChI is InChI=1S/C26H29NO5/c1-3-29-23-12-8-18(14-25(23)30-4-2)16-27-26(28)24-13-11-22(32-24)17-31-21-10-9-19-6-5-7-20(19)15-21/h8-15H,3-7,16-17H2,1-2H3,(H,27,28). The number of benzene rings is 2. The summed E-state index contributed by atoms with van der Waals surface area (Å²) in [5.41, 5.74) is 3.69. The molecule has 2 aromatic carbocycles. The van der Waals surface area contributed by atoms with Gasteiger partial charge in [-0.15, -0.1) is 0 Å². The maximum atomic E-state index is 12.5. The van der Waals surface area contributed by atoms with Gasteiger partial charge in [0, 0.05) is 6.54 Å². The Balaban J connectivity index is 1.31. The van der Waals surface area contributed by atoms with E-state index < -0.39 is 0 Å². The molecule has 1 amide bonds. The van der Waals surface area contributed by atoms with E-state index >= 15 is 0 Å². The van der Waals surface area contributed by atoms with E-state index in [2.05, 4.69) is 17.4 Å². The Labute approximate surface area is 188 Å². The third kappa shape index (κ3) is 5.25. The zero-order valence-electron chi connectivity index (χ0n) is 18.6. The summed E-state index contributed by atoms with van der Waals surface area (Å²) in [5, 5.41) is 2.88. The maximum Gasteiger partial charge on any atom is 0.287 e. The summed E-state index contributed by atoms with van der Waals surface area (Å²) < 4.78 is 22.8. The number of hydrogen-bond acceptors (Lipinski definition) is 5. The lowest BCUT2D eigenvalue weighted by Gasteiger charge is -2.12. The highest BCUT2D eigenvalue weighted by atomic mass is 16.5. The van der Waals surface area contributed by atoms with Gasteiger partial charge in [-0.25, -0.2) is 0 Å². The van der Waals surface area contributed by atoms with Crippen molar-refractivity contribution in [3.05, 3.63) is 76.7 Å². The molecular formula is C26H29NO5. The molecule has 0 radical (unpaired) electrons. The summed E-state index contributed by atoms with van der Waals surface area (Å²) in [6.45, 7) is 5.59. The lowest BCUT2D eigenvalue weighted by Crippen LogP contribution is -2.22. The van der Waals surface area contributed by atoms with Gasteiger partial charge in [-0.3, -0.25) is 4.79 Å². The SMILES string of the molecule is CCOc1ccc(CNC(=O)c2ccc(COc3ccc4c(c3)CCC4)o2)cc1OCC. The number of amides is 1. The Hall–Kier alpha value is -3.41. The average molecular weight is 436 g/mol. The van der Waals surface area contributed by atoms with Crippen LogP contribution in [0.15, 0.2) is 52.9 Å². The fourth-order valence-corrected chi connectivity index (χ4v) is 3.84. The van der Waals surface area contributed by atoms with Gasteiger partial charge in [0.15, 0.2) is 17.3 Å². The highest BCUT2D eigenvalue weighted by molar-refractivity contribution is 5.91. The first-order valence-corrected chi connectivity index (χ1v) is 11.2. The van der Waals surface area contributed by atoms with Crippen LogP contribution in [0.2, 0.25) is 0 Å². The summed E-state index contributed by atoms with van der Waals surface area (Å²) in [7, 11) is 0. The number of rotatable bonds is 10. The number of carbonyl (C=O) groups excluding carboxylic acids is 1. The Bertz CT molecular complexity index is 1070. The van der Waals surface area contributed by atoms with E-state index in [0.29, 0.717) is 37.0 Å². The van der Waals surface area contributed by atoms with Gasteiger partial charge in [0.05, 0.1) is 13.2 Å². The van der Waals surface area contributed by atoms with Crippen LogP contribution < -0.4 is 19.5 Å². The van der Waals surface area contributed by atoms with Gasteiger partial charge >= 0.3 is 0 Å². The van der Waals surface area contributed by atoms with Crippen molar-refractivity contribution in [2.75, 3.05) is 13.2 Å². The van der Waals surface area contributed by atoms with E-state index in [4.69, 9.17) is 18.6 Å². The van der Waals surface area contributed by atoms with Gasteiger partial charge in [-0.1, -0.05) is 12.1 Å². The molecule has 1 aliphatic rings. The summed E-state index contributed by atoms with van der Waals surface area (Å²) in [6, 6.07) is 15.3. The molecule has 0 fully saturated rings. The first kappa shape index (κ1) is 21.8. The normalized spacial score (nSPS) is 12.3. The summed E-state index contributed by atoms with van der Waals surface area (Å²) in [6.07, 6.45) is 3.47. The Morgan fingerprint density at radius 1 is 0.906 bits per heavy atom. The van der Waals surface area contributed by atoms with E-state index in [0.717, 1.165) is 24.2 Å². The van der Waals surface area contributed by atoms with E-state index in [1.807, 2.05) is 38.1 Å². The Kier molecular flexibility index (Phi) is 7.00. The number of fused-ring (bicyclic) bond motifs is 1. The molecule has 6 heteroatoms. The van der Waals surface area contributed by atoms with Crippen LogP contribution in [0, 0.1) is 0 Å². The van der Waals surface area contributed by atoms with Crippen molar-refractivity contribution in [1.29, 1.82) is 0 Å². The lowest BCUT2D eigenvalue weighted by atomic mass is 10.1. The van der Waals surface area contributed by atoms with Gasteiger partial charge in [-0.2, -0.15) is 0 Å². The fourth-order valence-electron chi connectivity index (χ4n) is 3.84. The van der Waals surface area contributed by atoms with E-state index in [9.17, 15) is 4.79 Å². The third-order valence-corrected chi connectivity index (χ3v) is 5.40. The van der Waals surface area contributed by atoms with Crippen LogP contribution in [0.5, 0.6) is 17.2 Å². The second kappa shape index (κ2) is 10.3. The molecule has 0 saturated carbocycles. The minimum absolute atomic E-state index is 0.258. The van der Waals surface area contributed by atoms with Crippen LogP contribution in [0.1, 0.15) is 53.3 Å². The average Bonchev–Trinajstić information content (AvgIpc) is 3.47. The first-order chi connectivity index (χ1) is 15.7. The van der Waals surface area contributed by atoms with Gasteiger partial charge in [0.1, 0.15) is 18.1 Å². The molecule has 1 heterocycles. The van der Waals surface area contributed by atoms with Crippen molar-refractivity contribution < 1.29 is 23.4 Å². The maximum absolute atomic E-state index is 12.5. The summed E-state index contributed by atoms with van der Waals surface area (Å²) >= 11 is 0. The van der Waals surface area contributed by atoms with E-state index in [1.54, 1.807) is 12.1 Å². The minimum atomic E-state index is -0.277. The zero-order valence-corrected chi connectivity index (χ0v) is 18.6. The van der Waals surface area contributed by atoms with Crippen molar-refractivity contribution in [3.63, 3.8) is 0 Å². The molecule has 6 nitrogen and oxygen atoms in total. The molecule has 0 spiro atoms. The Morgan fingerprint density at radius 2 is 1.72 bits per heavy atom. The van der Waals surface area contributed by atoms with Crippen molar-refractivity contribution in [3.8, 4) is 17.2 Å². The summed E-state index contributed by atoms with van der Waals surface area (Å²) in [4.78, 5) is 12.5. The molecule has 0 atom stereocenters. The molecule has 4 rings (SSSR count). The number of hydrogen-bond donors (Lipinski definition) is 1. The quantitative estimate of drug-likeness (QED) is 0.481. The van der Waals surface area contributed by atoms with Gasteiger partial charge in [0.2, 0.25) is 0 Å². The number of aryl methyl sites for hydroxylation is 2. The Morgan fingerprint density at radius 3 is 2.56 bits per heavy atom. The van der Waals surface area contributed by atoms with E-state index in [-0.39, 0.29) is 18.3 Å². The lowest BCUT2D eigenvalue weighted by molar-refractivity contribution is 0.0919. The second-order valence-corrected chi connectivity index (χ2v) is 7.67. The van der Waals surface area contributed by atoms with E-state index in [1.165, 1.54) is 17.5 Å². The van der Waals surface area contributed by atoms with Crippen LogP contribution in [0.3, 0.4) is 0 Å². The molecule has 1 N–H and O–H groups in total. The zero-order chi connectivity index (χ0) is 22.3. The molecule has 0 aliphatic heterocycles. The molecule has 1 aromatic heterocycles. The molecular weight excluding hydrogens is 406 g/mol. The van der Waals surface area contributed by atoms with Gasteiger partial charge in [-0.05, 0) is 86.2 Å². The van der Waals surface area contributed by atoms with Crippen molar-refractivity contribution in [1.82, 2.24) is 5.32 Å². The number of furan rings is 1. The first-order valence-electron chi connectivity index (χ1n) is 11.2. The van der Waals surface area contributed by atoms with Crippen LogP contribution in [0.4, 0.5) is 0 Å². The highest BCUT2D eigenvalue weighted by Gasteiger charge is 2.14. The monoisotopic (exact) mass is 435 g/mol. The van der Waals surface area contributed by atoms with Crippen LogP contribution in [-0.2, 0) is 26.0 Å². The minimum Gasteiger partial charge on any atom is -0.490 e. The van der Waals surface area contributed by atoms with Gasteiger partial charge < -0.3 is 23.9 Å². The fraction of sp³-hybridized carbons (Fsp3) is 0.346. The largest absolute Gasteiger partial charge is 0.490 e. The smallest absolute Gasteiger partial charge is 0.287 e. The topological polar surface area (TPSA) is 69.9 Å². The van der Waals surface area contributed by atoms with Crippen LogP contribution in [-0.4, -0.2) is 19.1 Å². The highest BCUT2D eigenvalue weighted by Crippen LogP contribution is 2.29. The van der Waals surface area contributed by atoms with Crippen molar-refractivity contribution in [2.24, 2.45) is 0 Å².